The lowest BCUT2D eigenvalue weighted by atomic mass is 9.69. The van der Waals surface area contributed by atoms with Gasteiger partial charge in [0.2, 0.25) is 0 Å². The van der Waals surface area contributed by atoms with Gasteiger partial charge in [0.15, 0.2) is 0 Å². The minimum absolute atomic E-state index is 0.0814. The Morgan fingerprint density at radius 2 is 1.20 bits per heavy atom. The Hall–Kier alpha value is -4.30. The molecule has 6 aromatic rings. The van der Waals surface area contributed by atoms with Gasteiger partial charge < -0.3 is 9.32 Å². The van der Waals surface area contributed by atoms with E-state index in [0.29, 0.717) is 0 Å². The van der Waals surface area contributed by atoms with E-state index in [9.17, 15) is 0 Å². The Kier molecular flexibility index (Phi) is 6.99. The molecule has 0 aliphatic heterocycles. The van der Waals surface area contributed by atoms with Crippen LogP contribution in [0.5, 0.6) is 0 Å². The molecule has 0 spiro atoms. The molecule has 230 valence electrons. The van der Waals surface area contributed by atoms with E-state index in [0.717, 1.165) is 40.0 Å². The predicted octanol–water partition coefficient (Wildman–Crippen LogP) is 12.6. The maximum absolute atomic E-state index is 6.22. The van der Waals surface area contributed by atoms with Crippen LogP contribution in [0.15, 0.2) is 126 Å². The van der Waals surface area contributed by atoms with Crippen molar-refractivity contribution in [1.82, 2.24) is 0 Å². The Morgan fingerprint density at radius 3 is 1.91 bits per heavy atom. The van der Waals surface area contributed by atoms with Gasteiger partial charge in [0.1, 0.15) is 11.2 Å². The van der Waals surface area contributed by atoms with Crippen LogP contribution >= 0.6 is 0 Å². The number of rotatable bonds is 6. The second-order valence-electron chi connectivity index (χ2n) is 14.4. The smallest absolute Gasteiger partial charge is 0.135 e. The molecule has 3 aliphatic carbocycles. The molecule has 3 unspecified atom stereocenters. The van der Waals surface area contributed by atoms with Gasteiger partial charge in [-0.05, 0) is 115 Å². The summed E-state index contributed by atoms with van der Waals surface area (Å²) >= 11 is 0. The van der Waals surface area contributed by atoms with Gasteiger partial charge in [0.05, 0.1) is 0 Å². The zero-order valence-corrected chi connectivity index (χ0v) is 26.7. The lowest BCUT2D eigenvalue weighted by Gasteiger charge is -2.35. The molecule has 1 aromatic heterocycles. The number of furan rings is 1. The van der Waals surface area contributed by atoms with E-state index < -0.39 is 0 Å². The van der Waals surface area contributed by atoms with Crippen molar-refractivity contribution in [3.8, 4) is 0 Å². The minimum Gasteiger partial charge on any atom is -0.456 e. The molecule has 0 amide bonds. The van der Waals surface area contributed by atoms with Crippen molar-refractivity contribution < 1.29 is 4.42 Å². The molecule has 0 radical (unpaired) electrons. The van der Waals surface area contributed by atoms with E-state index in [4.69, 9.17) is 4.42 Å². The summed E-state index contributed by atoms with van der Waals surface area (Å²) < 4.78 is 6.22. The summed E-state index contributed by atoms with van der Waals surface area (Å²) in [4.78, 5) is 2.44. The Morgan fingerprint density at radius 1 is 0.543 bits per heavy atom. The van der Waals surface area contributed by atoms with Crippen LogP contribution in [-0.2, 0) is 5.41 Å². The van der Waals surface area contributed by atoms with E-state index in [1.54, 1.807) is 0 Å². The second kappa shape index (κ2) is 11.5. The van der Waals surface area contributed by atoms with Crippen LogP contribution in [0.3, 0.4) is 0 Å². The van der Waals surface area contributed by atoms with Gasteiger partial charge in [0, 0.05) is 33.2 Å². The molecule has 3 aliphatic rings. The summed E-state index contributed by atoms with van der Waals surface area (Å²) in [6, 6.07) is 45.5. The fraction of sp³-hybridized carbons (Fsp3) is 0.318. The average molecular weight is 602 g/mol. The Balaban J connectivity index is 1.14. The van der Waals surface area contributed by atoms with Gasteiger partial charge in [0.25, 0.3) is 0 Å². The highest BCUT2D eigenvalue weighted by Gasteiger charge is 2.40. The van der Waals surface area contributed by atoms with Gasteiger partial charge in [-0.15, -0.1) is 0 Å². The topological polar surface area (TPSA) is 16.4 Å². The highest BCUT2D eigenvalue weighted by atomic mass is 16.3. The number of anilines is 3. The summed E-state index contributed by atoms with van der Waals surface area (Å²) in [6.45, 7) is 0. The van der Waals surface area contributed by atoms with Crippen molar-refractivity contribution >= 4 is 39.0 Å². The lowest BCUT2D eigenvalue weighted by molar-refractivity contribution is 0.420. The molecule has 2 heteroatoms. The van der Waals surface area contributed by atoms with Crippen molar-refractivity contribution in [2.75, 3.05) is 4.90 Å². The molecule has 3 fully saturated rings. The second-order valence-corrected chi connectivity index (χ2v) is 14.4. The number of para-hydroxylation sites is 1. The van der Waals surface area contributed by atoms with Crippen molar-refractivity contribution in [1.29, 1.82) is 0 Å². The van der Waals surface area contributed by atoms with Gasteiger partial charge in [-0.1, -0.05) is 105 Å². The summed E-state index contributed by atoms with van der Waals surface area (Å²) in [5.41, 5.74) is 9.97. The van der Waals surface area contributed by atoms with Crippen molar-refractivity contribution in [2.24, 2.45) is 11.8 Å². The molecular weight excluding hydrogens is 558 g/mol. The third-order valence-electron chi connectivity index (χ3n) is 11.9. The number of nitrogens with zero attached hydrogens (tertiary/aromatic N) is 1. The van der Waals surface area contributed by atoms with Crippen LogP contribution < -0.4 is 4.90 Å². The predicted molar refractivity (Wildman–Crippen MR) is 192 cm³/mol. The fourth-order valence-electron chi connectivity index (χ4n) is 9.59. The SMILES string of the molecule is c1ccc(C2(c3ccc(N(c4ccc(C5CC6CCC5C6)cc4)c4ccc5oc6ccccc6c5c4)cc3)CCCCCC2)cc1. The standard InChI is InChI=1S/C44H43NO/c1-2-9-27-44(26-8-1,34-10-4-3-5-11-34)35-18-22-37(23-19-35)45(36-20-16-32(17-21-36)40-29-31-14-15-33(40)28-31)38-24-25-43-41(30-38)39-12-6-7-13-42(39)46-43/h3-7,10-13,16-25,30-31,33,40H,1-2,8-9,14-15,26-29H2. The van der Waals surface area contributed by atoms with E-state index in [-0.39, 0.29) is 5.41 Å². The van der Waals surface area contributed by atoms with E-state index in [1.165, 1.54) is 97.7 Å². The molecule has 3 atom stereocenters. The van der Waals surface area contributed by atoms with E-state index in [2.05, 4.69) is 120 Å². The highest BCUT2D eigenvalue weighted by molar-refractivity contribution is 6.06. The van der Waals surface area contributed by atoms with E-state index in [1.807, 2.05) is 6.07 Å². The molecule has 3 saturated carbocycles. The first-order chi connectivity index (χ1) is 22.7. The molecule has 9 rings (SSSR count). The largest absolute Gasteiger partial charge is 0.456 e. The van der Waals surface area contributed by atoms with Crippen LogP contribution in [0.25, 0.3) is 21.9 Å². The molecule has 0 saturated heterocycles. The maximum Gasteiger partial charge on any atom is 0.135 e. The monoisotopic (exact) mass is 601 g/mol. The number of benzene rings is 5. The molecule has 2 bridgehead atoms. The minimum atomic E-state index is 0.0814. The van der Waals surface area contributed by atoms with E-state index >= 15 is 0 Å². The molecule has 1 heterocycles. The van der Waals surface area contributed by atoms with Crippen LogP contribution in [-0.4, -0.2) is 0 Å². The highest BCUT2D eigenvalue weighted by Crippen LogP contribution is 2.53. The van der Waals surface area contributed by atoms with Crippen molar-refractivity contribution in [3.05, 3.63) is 138 Å². The third kappa shape index (κ3) is 4.77. The summed E-state index contributed by atoms with van der Waals surface area (Å²) in [5, 5.41) is 2.33. The quantitative estimate of drug-likeness (QED) is 0.177. The Labute approximate surface area is 273 Å². The Bertz CT molecular complexity index is 1960. The summed E-state index contributed by atoms with van der Waals surface area (Å²) in [6.07, 6.45) is 13.4. The summed E-state index contributed by atoms with van der Waals surface area (Å²) in [5.74, 6) is 2.58. The van der Waals surface area contributed by atoms with Gasteiger partial charge in [-0.2, -0.15) is 0 Å². The average Bonchev–Trinajstić information content (AvgIpc) is 3.79. The van der Waals surface area contributed by atoms with Gasteiger partial charge >= 0.3 is 0 Å². The van der Waals surface area contributed by atoms with Crippen molar-refractivity contribution in [2.45, 2.75) is 75.5 Å². The first kappa shape index (κ1) is 28.0. The number of hydrogen-bond donors (Lipinski definition) is 0. The zero-order chi connectivity index (χ0) is 30.5. The molecular formula is C44H43NO. The fourth-order valence-corrected chi connectivity index (χ4v) is 9.59. The number of hydrogen-bond acceptors (Lipinski definition) is 2. The lowest BCUT2D eigenvalue weighted by Crippen LogP contribution is -2.27. The molecule has 46 heavy (non-hydrogen) atoms. The van der Waals surface area contributed by atoms with Crippen LogP contribution in [0.4, 0.5) is 17.1 Å². The van der Waals surface area contributed by atoms with Crippen molar-refractivity contribution in [3.63, 3.8) is 0 Å². The molecule has 2 nitrogen and oxygen atoms in total. The van der Waals surface area contributed by atoms with Crippen LogP contribution in [0.2, 0.25) is 0 Å². The maximum atomic E-state index is 6.22. The van der Waals surface area contributed by atoms with Crippen LogP contribution in [0, 0.1) is 11.8 Å². The third-order valence-corrected chi connectivity index (χ3v) is 11.9. The molecule has 5 aromatic carbocycles. The number of fused-ring (bicyclic) bond motifs is 5. The summed E-state index contributed by atoms with van der Waals surface area (Å²) in [7, 11) is 0. The molecule has 0 N–H and O–H groups in total. The van der Waals surface area contributed by atoms with Crippen LogP contribution in [0.1, 0.15) is 86.8 Å². The zero-order valence-electron chi connectivity index (χ0n) is 26.7. The first-order valence-electron chi connectivity index (χ1n) is 17.7. The first-order valence-corrected chi connectivity index (χ1v) is 17.7. The van der Waals surface area contributed by atoms with Gasteiger partial charge in [-0.3, -0.25) is 0 Å². The van der Waals surface area contributed by atoms with Gasteiger partial charge in [-0.25, -0.2) is 0 Å². The normalized spacial score (nSPS) is 22.3.